The molecule has 1 aromatic rings. The number of hydrogen-bond acceptors (Lipinski definition) is 3. The van der Waals surface area contributed by atoms with Crippen molar-refractivity contribution in [3.63, 3.8) is 0 Å². The molecular weight excluding hydrogens is 285 g/mol. The lowest BCUT2D eigenvalue weighted by atomic mass is 10.1. The second kappa shape index (κ2) is 9.02. The fraction of sp³-hybridized carbons (Fsp3) is 0.462. The van der Waals surface area contributed by atoms with E-state index in [1.807, 2.05) is 37.4 Å². The molecule has 0 aromatic heterocycles. The highest BCUT2D eigenvalue weighted by Gasteiger charge is 2.20. The van der Waals surface area contributed by atoms with Gasteiger partial charge in [0.15, 0.2) is 0 Å². The standard InChI is InChI=1S/C13H21N3O.2ClH/c1-13(2,14)12(17)15-9-10-16(3)11-7-5-4-6-8-11;;/h4-8H,9-10,14H2,1-3H3,(H,15,17);2*1H. The van der Waals surface area contributed by atoms with E-state index in [1.54, 1.807) is 13.8 Å². The van der Waals surface area contributed by atoms with Gasteiger partial charge in [-0.05, 0) is 26.0 Å². The molecule has 4 nitrogen and oxygen atoms in total. The first kappa shape index (κ1) is 20.3. The van der Waals surface area contributed by atoms with Gasteiger partial charge in [0.05, 0.1) is 5.54 Å². The third-order valence-electron chi connectivity index (χ3n) is 2.51. The summed E-state index contributed by atoms with van der Waals surface area (Å²) in [4.78, 5) is 13.6. The van der Waals surface area contributed by atoms with Gasteiger partial charge in [0.25, 0.3) is 0 Å². The molecule has 0 aliphatic heterocycles. The maximum absolute atomic E-state index is 11.5. The maximum atomic E-state index is 11.5. The van der Waals surface area contributed by atoms with Gasteiger partial charge in [-0.1, -0.05) is 18.2 Å². The molecule has 1 amide bonds. The molecule has 19 heavy (non-hydrogen) atoms. The van der Waals surface area contributed by atoms with Crippen molar-refractivity contribution in [2.45, 2.75) is 19.4 Å². The van der Waals surface area contributed by atoms with Gasteiger partial charge in [0.2, 0.25) is 5.91 Å². The summed E-state index contributed by atoms with van der Waals surface area (Å²) < 4.78 is 0. The minimum atomic E-state index is -0.814. The quantitative estimate of drug-likeness (QED) is 0.872. The lowest BCUT2D eigenvalue weighted by Crippen LogP contribution is -2.50. The van der Waals surface area contributed by atoms with Crippen LogP contribution in [-0.4, -0.2) is 31.6 Å². The summed E-state index contributed by atoms with van der Waals surface area (Å²) in [6.07, 6.45) is 0. The first-order valence-corrected chi connectivity index (χ1v) is 5.74. The normalized spacial score (nSPS) is 9.89. The van der Waals surface area contributed by atoms with Crippen LogP contribution in [0.4, 0.5) is 5.69 Å². The summed E-state index contributed by atoms with van der Waals surface area (Å²) in [5, 5.41) is 2.82. The number of carbonyl (C=O) groups excluding carboxylic acids is 1. The van der Waals surface area contributed by atoms with E-state index in [9.17, 15) is 4.79 Å². The minimum absolute atomic E-state index is 0. The van der Waals surface area contributed by atoms with Crippen molar-refractivity contribution >= 4 is 36.4 Å². The summed E-state index contributed by atoms with van der Waals surface area (Å²) in [6.45, 7) is 4.74. The molecule has 6 heteroatoms. The smallest absolute Gasteiger partial charge is 0.239 e. The largest absolute Gasteiger partial charge is 0.373 e. The van der Waals surface area contributed by atoms with Crippen LogP contribution in [0.15, 0.2) is 30.3 Å². The number of nitrogens with two attached hydrogens (primary N) is 1. The number of nitrogens with one attached hydrogen (secondary N) is 1. The summed E-state index contributed by atoms with van der Waals surface area (Å²) in [7, 11) is 2.00. The van der Waals surface area contributed by atoms with Crippen molar-refractivity contribution in [3.8, 4) is 0 Å². The first-order chi connectivity index (χ1) is 7.91. The van der Waals surface area contributed by atoms with Gasteiger partial charge < -0.3 is 16.0 Å². The summed E-state index contributed by atoms with van der Waals surface area (Å²) in [5.74, 6) is -0.126. The zero-order valence-electron chi connectivity index (χ0n) is 11.6. The van der Waals surface area contributed by atoms with Gasteiger partial charge in [0.1, 0.15) is 0 Å². The van der Waals surface area contributed by atoms with Crippen molar-refractivity contribution < 1.29 is 4.79 Å². The van der Waals surface area contributed by atoms with Crippen LogP contribution in [0.3, 0.4) is 0 Å². The number of carbonyl (C=O) groups is 1. The van der Waals surface area contributed by atoms with Crippen LogP contribution >= 0.6 is 24.8 Å². The van der Waals surface area contributed by atoms with Gasteiger partial charge in [-0.25, -0.2) is 0 Å². The molecule has 0 saturated carbocycles. The van der Waals surface area contributed by atoms with Crippen LogP contribution in [0.2, 0.25) is 0 Å². The van der Waals surface area contributed by atoms with Gasteiger partial charge in [0, 0.05) is 25.8 Å². The Morgan fingerprint density at radius 1 is 1.26 bits per heavy atom. The van der Waals surface area contributed by atoms with Crippen molar-refractivity contribution in [3.05, 3.63) is 30.3 Å². The summed E-state index contributed by atoms with van der Waals surface area (Å²) in [5.41, 5.74) is 6.00. The number of para-hydroxylation sites is 1. The van der Waals surface area contributed by atoms with E-state index >= 15 is 0 Å². The fourth-order valence-electron chi connectivity index (χ4n) is 1.38. The maximum Gasteiger partial charge on any atom is 0.239 e. The van der Waals surface area contributed by atoms with Gasteiger partial charge >= 0.3 is 0 Å². The second-order valence-electron chi connectivity index (χ2n) is 4.73. The molecule has 0 aliphatic rings. The number of nitrogens with zero attached hydrogens (tertiary/aromatic N) is 1. The topological polar surface area (TPSA) is 58.4 Å². The van der Waals surface area contributed by atoms with Crippen LogP contribution in [0, 0.1) is 0 Å². The van der Waals surface area contributed by atoms with E-state index in [0.29, 0.717) is 6.54 Å². The van der Waals surface area contributed by atoms with Gasteiger partial charge in [-0.3, -0.25) is 4.79 Å². The molecule has 110 valence electrons. The molecular formula is C13H23Cl2N3O. The third-order valence-corrected chi connectivity index (χ3v) is 2.51. The van der Waals surface area contributed by atoms with Crippen LogP contribution in [0.25, 0.3) is 0 Å². The Hall–Kier alpha value is -0.970. The highest BCUT2D eigenvalue weighted by atomic mass is 35.5. The van der Waals surface area contributed by atoms with Gasteiger partial charge in [-0.2, -0.15) is 0 Å². The Bertz CT molecular complexity index is 366. The number of rotatable bonds is 5. The van der Waals surface area contributed by atoms with Gasteiger partial charge in [-0.15, -0.1) is 24.8 Å². The molecule has 0 fully saturated rings. The molecule has 0 saturated heterocycles. The molecule has 0 aliphatic carbocycles. The van der Waals surface area contributed by atoms with E-state index in [1.165, 1.54) is 0 Å². The van der Waals surface area contributed by atoms with E-state index in [4.69, 9.17) is 5.73 Å². The SMILES string of the molecule is CN(CCNC(=O)C(C)(C)N)c1ccccc1.Cl.Cl. The average molecular weight is 308 g/mol. The Kier molecular flexibility index (Phi) is 9.66. The third kappa shape index (κ3) is 7.25. The Morgan fingerprint density at radius 2 is 1.79 bits per heavy atom. The summed E-state index contributed by atoms with van der Waals surface area (Å²) in [6, 6.07) is 10.0. The zero-order chi connectivity index (χ0) is 12.9. The minimum Gasteiger partial charge on any atom is -0.373 e. The predicted molar refractivity (Wildman–Crippen MR) is 85.5 cm³/mol. The Morgan fingerprint density at radius 3 is 2.26 bits per heavy atom. The monoisotopic (exact) mass is 307 g/mol. The number of anilines is 1. The molecule has 0 heterocycles. The van der Waals surface area contributed by atoms with E-state index < -0.39 is 5.54 Å². The second-order valence-corrected chi connectivity index (χ2v) is 4.73. The molecule has 0 bridgehead atoms. The van der Waals surface area contributed by atoms with Crippen molar-refractivity contribution in [2.75, 3.05) is 25.0 Å². The van der Waals surface area contributed by atoms with E-state index in [2.05, 4.69) is 10.2 Å². The van der Waals surface area contributed by atoms with E-state index in [0.717, 1.165) is 12.2 Å². The highest BCUT2D eigenvalue weighted by Crippen LogP contribution is 2.09. The highest BCUT2D eigenvalue weighted by molar-refractivity contribution is 5.86. The molecule has 1 rings (SSSR count). The number of likely N-dealkylation sites (N-methyl/N-ethyl adjacent to an activating group) is 1. The van der Waals surface area contributed by atoms with Crippen LogP contribution < -0.4 is 16.0 Å². The number of amides is 1. The van der Waals surface area contributed by atoms with Crippen LogP contribution in [0.1, 0.15) is 13.8 Å². The lowest BCUT2D eigenvalue weighted by molar-refractivity contribution is -0.125. The average Bonchev–Trinajstić information content (AvgIpc) is 2.28. The van der Waals surface area contributed by atoms with E-state index in [-0.39, 0.29) is 30.7 Å². The number of benzene rings is 1. The predicted octanol–water partition coefficient (Wildman–Crippen LogP) is 1.82. The fourth-order valence-corrected chi connectivity index (χ4v) is 1.38. The van der Waals surface area contributed by atoms with Crippen molar-refractivity contribution in [1.29, 1.82) is 0 Å². The zero-order valence-corrected chi connectivity index (χ0v) is 13.2. The lowest BCUT2D eigenvalue weighted by Gasteiger charge is -2.22. The summed E-state index contributed by atoms with van der Waals surface area (Å²) >= 11 is 0. The molecule has 0 radical (unpaired) electrons. The first-order valence-electron chi connectivity index (χ1n) is 5.74. The number of halogens is 2. The molecule has 0 atom stereocenters. The molecule has 0 unspecified atom stereocenters. The van der Waals surface area contributed by atoms with Crippen LogP contribution in [-0.2, 0) is 4.79 Å². The van der Waals surface area contributed by atoms with Crippen LogP contribution in [0.5, 0.6) is 0 Å². The van der Waals surface area contributed by atoms with Crippen molar-refractivity contribution in [1.82, 2.24) is 5.32 Å². The Labute approximate surface area is 127 Å². The van der Waals surface area contributed by atoms with Crippen molar-refractivity contribution in [2.24, 2.45) is 5.73 Å². The Balaban J connectivity index is 0. The molecule has 3 N–H and O–H groups in total. The molecule has 1 aromatic carbocycles. The number of hydrogen-bond donors (Lipinski definition) is 2. The molecule has 0 spiro atoms.